The van der Waals surface area contributed by atoms with E-state index in [1.54, 1.807) is 7.05 Å². The minimum atomic E-state index is -0.434. The second-order valence-electron chi connectivity index (χ2n) is 4.14. The van der Waals surface area contributed by atoms with Crippen molar-refractivity contribution in [1.82, 2.24) is 5.32 Å². The third-order valence-electron chi connectivity index (χ3n) is 2.91. The lowest BCUT2D eigenvalue weighted by Gasteiger charge is -2.16. The lowest BCUT2D eigenvalue weighted by Crippen LogP contribution is -2.35. The molecule has 94 valence electrons. The molecule has 0 unspecified atom stereocenters. The van der Waals surface area contributed by atoms with Crippen LogP contribution in [0.25, 0.3) is 10.8 Å². The van der Waals surface area contributed by atoms with E-state index in [2.05, 4.69) is 11.4 Å². The van der Waals surface area contributed by atoms with Crippen LogP contribution in [0.2, 0.25) is 0 Å². The lowest BCUT2D eigenvalue weighted by atomic mass is 10.1. The molecule has 0 aliphatic rings. The molecule has 0 aliphatic heterocycles. The molecule has 0 aliphatic carbocycles. The van der Waals surface area contributed by atoms with Crippen LogP contribution in [-0.2, 0) is 4.79 Å². The van der Waals surface area contributed by atoms with Gasteiger partial charge in [0.1, 0.15) is 5.75 Å². The van der Waals surface area contributed by atoms with E-state index < -0.39 is 6.10 Å². The van der Waals surface area contributed by atoms with Gasteiger partial charge in [0.15, 0.2) is 6.10 Å². The number of nitrogens with one attached hydrogen (secondary N) is 1. The highest BCUT2D eigenvalue weighted by Crippen LogP contribution is 2.21. The summed E-state index contributed by atoms with van der Waals surface area (Å²) in [5, 5.41) is 4.89. The fraction of sp³-hybridized carbons (Fsp3) is 0.267. The molecule has 1 N–H and O–H groups in total. The molecule has 0 spiro atoms. The first kappa shape index (κ1) is 12.4. The molecule has 0 bridgehead atoms. The van der Waals surface area contributed by atoms with Crippen molar-refractivity contribution in [3.8, 4) is 5.75 Å². The van der Waals surface area contributed by atoms with Crippen LogP contribution in [0.3, 0.4) is 0 Å². The number of carbonyl (C=O) groups is 1. The van der Waals surface area contributed by atoms with Gasteiger partial charge in [0.25, 0.3) is 5.91 Å². The highest BCUT2D eigenvalue weighted by atomic mass is 16.5. The third-order valence-corrected chi connectivity index (χ3v) is 2.91. The molecule has 2 aromatic carbocycles. The highest BCUT2D eigenvalue weighted by molar-refractivity contribution is 5.84. The second-order valence-corrected chi connectivity index (χ2v) is 4.14. The Kier molecular flexibility index (Phi) is 3.82. The number of benzene rings is 2. The van der Waals surface area contributed by atoms with Crippen molar-refractivity contribution in [3.05, 3.63) is 42.5 Å². The molecule has 2 aromatic rings. The maximum absolute atomic E-state index is 11.6. The number of fused-ring (bicyclic) bond motifs is 1. The topological polar surface area (TPSA) is 38.3 Å². The second kappa shape index (κ2) is 5.54. The Balaban J connectivity index is 2.23. The Morgan fingerprint density at radius 3 is 2.61 bits per heavy atom. The van der Waals surface area contributed by atoms with Gasteiger partial charge in [-0.15, -0.1) is 0 Å². The van der Waals surface area contributed by atoms with Gasteiger partial charge < -0.3 is 10.1 Å². The summed E-state index contributed by atoms with van der Waals surface area (Å²) in [6, 6.07) is 13.9. The molecule has 18 heavy (non-hydrogen) atoms. The van der Waals surface area contributed by atoms with Gasteiger partial charge in [0.2, 0.25) is 0 Å². The summed E-state index contributed by atoms with van der Waals surface area (Å²) in [6.07, 6.45) is 0.211. The molecule has 0 saturated heterocycles. The van der Waals surface area contributed by atoms with Crippen LogP contribution in [0, 0.1) is 0 Å². The first-order valence-corrected chi connectivity index (χ1v) is 6.11. The predicted octanol–water partition coefficient (Wildman–Crippen LogP) is 2.74. The standard InChI is InChI=1S/C15H17NO2/c1-3-14(15(17)16-2)18-13-9-8-11-6-4-5-7-12(11)10-13/h4-10,14H,3H2,1-2H3,(H,16,17)/t14-/m0/s1. The molecule has 0 radical (unpaired) electrons. The molecule has 2 rings (SSSR count). The van der Waals surface area contributed by atoms with Crippen molar-refractivity contribution in [2.45, 2.75) is 19.4 Å². The van der Waals surface area contributed by atoms with Gasteiger partial charge in [-0.25, -0.2) is 0 Å². The number of ether oxygens (including phenoxy) is 1. The van der Waals surface area contributed by atoms with Gasteiger partial charge in [-0.2, -0.15) is 0 Å². The quantitative estimate of drug-likeness (QED) is 0.896. The van der Waals surface area contributed by atoms with Crippen molar-refractivity contribution in [3.63, 3.8) is 0 Å². The van der Waals surface area contributed by atoms with Crippen LogP contribution >= 0.6 is 0 Å². The molecule has 0 saturated carbocycles. The maximum atomic E-state index is 11.6. The van der Waals surface area contributed by atoms with Crippen LogP contribution in [0.4, 0.5) is 0 Å². The van der Waals surface area contributed by atoms with Crippen molar-refractivity contribution >= 4 is 16.7 Å². The summed E-state index contributed by atoms with van der Waals surface area (Å²) < 4.78 is 5.71. The molecule has 1 amide bonds. The zero-order valence-electron chi connectivity index (χ0n) is 10.6. The van der Waals surface area contributed by atoms with Crippen LogP contribution in [0.15, 0.2) is 42.5 Å². The van der Waals surface area contributed by atoms with Gasteiger partial charge in [-0.05, 0) is 29.3 Å². The average molecular weight is 243 g/mol. The minimum Gasteiger partial charge on any atom is -0.481 e. The van der Waals surface area contributed by atoms with Crippen LogP contribution in [-0.4, -0.2) is 19.1 Å². The molecule has 0 aromatic heterocycles. The Labute approximate surface area is 107 Å². The maximum Gasteiger partial charge on any atom is 0.260 e. The summed E-state index contributed by atoms with van der Waals surface area (Å²) in [5.74, 6) is 0.634. The van der Waals surface area contributed by atoms with E-state index in [9.17, 15) is 4.79 Å². The van der Waals surface area contributed by atoms with E-state index in [0.29, 0.717) is 6.42 Å². The smallest absolute Gasteiger partial charge is 0.260 e. The lowest BCUT2D eigenvalue weighted by molar-refractivity contribution is -0.127. The van der Waals surface area contributed by atoms with Gasteiger partial charge in [0.05, 0.1) is 0 Å². The van der Waals surface area contributed by atoms with E-state index in [4.69, 9.17) is 4.74 Å². The average Bonchev–Trinajstić information content (AvgIpc) is 2.43. The largest absolute Gasteiger partial charge is 0.481 e. The van der Waals surface area contributed by atoms with Crippen LogP contribution in [0.5, 0.6) is 5.75 Å². The molecule has 3 heteroatoms. The summed E-state index contributed by atoms with van der Waals surface area (Å²) in [5.41, 5.74) is 0. The number of hydrogen-bond donors (Lipinski definition) is 1. The van der Waals surface area contributed by atoms with E-state index >= 15 is 0 Å². The molecule has 0 fully saturated rings. The first-order valence-electron chi connectivity index (χ1n) is 6.11. The summed E-state index contributed by atoms with van der Waals surface area (Å²) in [7, 11) is 1.62. The highest BCUT2D eigenvalue weighted by Gasteiger charge is 2.16. The summed E-state index contributed by atoms with van der Waals surface area (Å²) >= 11 is 0. The Morgan fingerprint density at radius 1 is 1.22 bits per heavy atom. The Bertz CT molecular complexity index is 551. The molecule has 3 nitrogen and oxygen atoms in total. The van der Waals surface area contributed by atoms with E-state index in [-0.39, 0.29) is 5.91 Å². The van der Waals surface area contributed by atoms with Crippen molar-refractivity contribution in [2.24, 2.45) is 0 Å². The number of rotatable bonds is 4. The zero-order chi connectivity index (χ0) is 13.0. The molecule has 1 atom stereocenters. The van der Waals surface area contributed by atoms with Gasteiger partial charge >= 0.3 is 0 Å². The predicted molar refractivity (Wildman–Crippen MR) is 72.7 cm³/mol. The number of hydrogen-bond acceptors (Lipinski definition) is 2. The molecular weight excluding hydrogens is 226 g/mol. The Morgan fingerprint density at radius 2 is 1.94 bits per heavy atom. The van der Waals surface area contributed by atoms with E-state index in [0.717, 1.165) is 16.5 Å². The third kappa shape index (κ3) is 2.62. The minimum absolute atomic E-state index is 0.0920. The normalized spacial score (nSPS) is 12.1. The zero-order valence-corrected chi connectivity index (χ0v) is 10.6. The van der Waals surface area contributed by atoms with Crippen molar-refractivity contribution in [2.75, 3.05) is 7.05 Å². The van der Waals surface area contributed by atoms with Gasteiger partial charge in [0, 0.05) is 7.05 Å². The van der Waals surface area contributed by atoms with Crippen LogP contribution < -0.4 is 10.1 Å². The summed E-state index contributed by atoms with van der Waals surface area (Å²) in [6.45, 7) is 1.93. The monoisotopic (exact) mass is 243 g/mol. The number of likely N-dealkylation sites (N-methyl/N-ethyl adjacent to an activating group) is 1. The Hall–Kier alpha value is -2.03. The van der Waals surface area contributed by atoms with E-state index in [1.165, 1.54) is 0 Å². The fourth-order valence-electron chi connectivity index (χ4n) is 1.89. The number of amides is 1. The van der Waals surface area contributed by atoms with Gasteiger partial charge in [-0.3, -0.25) is 4.79 Å². The number of carbonyl (C=O) groups excluding carboxylic acids is 1. The first-order chi connectivity index (χ1) is 8.74. The molecular formula is C15H17NO2. The molecule has 0 heterocycles. The fourth-order valence-corrected chi connectivity index (χ4v) is 1.89. The van der Waals surface area contributed by atoms with Crippen LogP contribution in [0.1, 0.15) is 13.3 Å². The SMILES string of the molecule is CC[C@H](Oc1ccc2ccccc2c1)C(=O)NC. The van der Waals surface area contributed by atoms with Gasteiger partial charge in [-0.1, -0.05) is 37.3 Å². The van der Waals surface area contributed by atoms with Crippen molar-refractivity contribution < 1.29 is 9.53 Å². The summed E-state index contributed by atoms with van der Waals surface area (Å²) in [4.78, 5) is 11.6. The van der Waals surface area contributed by atoms with E-state index in [1.807, 2.05) is 43.3 Å². The van der Waals surface area contributed by atoms with Crippen molar-refractivity contribution in [1.29, 1.82) is 0 Å².